The number of rotatable bonds is 3. The first kappa shape index (κ1) is 9.77. The molecule has 0 spiro atoms. The van der Waals surface area contributed by atoms with Gasteiger partial charge >= 0.3 is 0 Å². The largest absolute Gasteiger partial charge is 0.367 e. The molecule has 0 bridgehead atoms. The number of hydrogen-bond acceptors (Lipinski definition) is 2. The van der Waals surface area contributed by atoms with E-state index in [-0.39, 0.29) is 11.9 Å². The lowest BCUT2D eigenvalue weighted by atomic mass is 10.1. The average molecular weight is 202 g/mol. The van der Waals surface area contributed by atoms with Gasteiger partial charge in [0.1, 0.15) is 0 Å². The monoisotopic (exact) mass is 202 g/mol. The number of anilines is 1. The van der Waals surface area contributed by atoms with E-state index in [9.17, 15) is 4.79 Å². The maximum Gasteiger partial charge on any atom is 0.243 e. The Morgan fingerprint density at radius 1 is 1.40 bits per heavy atom. The second kappa shape index (κ2) is 4.17. The van der Waals surface area contributed by atoms with Crippen molar-refractivity contribution in [3.63, 3.8) is 0 Å². The summed E-state index contributed by atoms with van der Waals surface area (Å²) in [5, 5.41) is 2.87. The van der Waals surface area contributed by atoms with Gasteiger partial charge < -0.3 is 10.2 Å². The quantitative estimate of drug-likeness (QED) is 0.746. The smallest absolute Gasteiger partial charge is 0.243 e. The first-order valence-electron chi connectivity index (χ1n) is 5.02. The number of carbonyl (C=O) groups excluding carboxylic acids is 1. The fourth-order valence-corrected chi connectivity index (χ4v) is 1.68. The van der Waals surface area contributed by atoms with Crippen LogP contribution in [-0.4, -0.2) is 25.0 Å². The molecule has 0 unspecified atom stereocenters. The standard InChI is InChI=1S/C12H14N2O/c1-2-12(15)13-10-8-14(9-10)11-6-4-3-5-7-11/h2-7,10H,1,8-9H2,(H,13,15). The summed E-state index contributed by atoms with van der Waals surface area (Å²) in [6.07, 6.45) is 1.31. The first-order valence-corrected chi connectivity index (χ1v) is 5.02. The van der Waals surface area contributed by atoms with Crippen LogP contribution in [0.5, 0.6) is 0 Å². The lowest BCUT2D eigenvalue weighted by molar-refractivity contribution is -0.117. The molecule has 1 fully saturated rings. The molecule has 3 nitrogen and oxygen atoms in total. The molecule has 1 saturated heterocycles. The van der Waals surface area contributed by atoms with Crippen molar-refractivity contribution < 1.29 is 4.79 Å². The maximum atomic E-state index is 11.0. The van der Waals surface area contributed by atoms with E-state index in [0.717, 1.165) is 13.1 Å². The Morgan fingerprint density at radius 3 is 2.67 bits per heavy atom. The van der Waals surface area contributed by atoms with Crippen LogP contribution < -0.4 is 10.2 Å². The van der Waals surface area contributed by atoms with Crippen molar-refractivity contribution >= 4 is 11.6 Å². The summed E-state index contributed by atoms with van der Waals surface area (Å²) in [4.78, 5) is 13.2. The second-order valence-corrected chi connectivity index (χ2v) is 3.65. The van der Waals surface area contributed by atoms with Crippen LogP contribution in [0.3, 0.4) is 0 Å². The predicted octanol–water partition coefficient (Wildman–Crippen LogP) is 1.18. The van der Waals surface area contributed by atoms with Gasteiger partial charge in [-0.3, -0.25) is 4.79 Å². The Balaban J connectivity index is 1.84. The Kier molecular flexibility index (Phi) is 2.72. The minimum Gasteiger partial charge on any atom is -0.367 e. The minimum atomic E-state index is -0.0901. The molecular formula is C12H14N2O. The van der Waals surface area contributed by atoms with Gasteiger partial charge in [-0.05, 0) is 18.2 Å². The maximum absolute atomic E-state index is 11.0. The lowest BCUT2D eigenvalue weighted by Gasteiger charge is -2.41. The van der Waals surface area contributed by atoms with Crippen LogP contribution in [-0.2, 0) is 4.79 Å². The number of nitrogens with one attached hydrogen (secondary N) is 1. The van der Waals surface area contributed by atoms with Gasteiger partial charge in [0.2, 0.25) is 5.91 Å². The summed E-state index contributed by atoms with van der Waals surface area (Å²) in [6.45, 7) is 5.18. The topological polar surface area (TPSA) is 32.3 Å². The fraction of sp³-hybridized carbons (Fsp3) is 0.250. The van der Waals surface area contributed by atoms with E-state index in [1.807, 2.05) is 18.2 Å². The normalized spacial score (nSPS) is 15.6. The number of para-hydroxylation sites is 1. The van der Waals surface area contributed by atoms with Gasteiger partial charge in [-0.2, -0.15) is 0 Å². The number of nitrogens with zero attached hydrogens (tertiary/aromatic N) is 1. The fourth-order valence-electron chi connectivity index (χ4n) is 1.68. The molecule has 0 aromatic heterocycles. The molecular weight excluding hydrogens is 188 g/mol. The van der Waals surface area contributed by atoms with Crippen LogP contribution in [0.25, 0.3) is 0 Å². The van der Waals surface area contributed by atoms with E-state index in [1.165, 1.54) is 11.8 Å². The summed E-state index contributed by atoms with van der Waals surface area (Å²) in [5.41, 5.74) is 1.21. The zero-order valence-corrected chi connectivity index (χ0v) is 8.52. The van der Waals surface area contributed by atoms with E-state index in [4.69, 9.17) is 0 Å². The van der Waals surface area contributed by atoms with Crippen LogP contribution in [0.15, 0.2) is 43.0 Å². The highest BCUT2D eigenvalue weighted by molar-refractivity contribution is 5.87. The summed E-state index contributed by atoms with van der Waals surface area (Å²) >= 11 is 0. The third-order valence-electron chi connectivity index (χ3n) is 2.53. The highest BCUT2D eigenvalue weighted by atomic mass is 16.1. The third-order valence-corrected chi connectivity index (χ3v) is 2.53. The van der Waals surface area contributed by atoms with E-state index in [2.05, 4.69) is 28.9 Å². The van der Waals surface area contributed by atoms with Crippen LogP contribution in [0, 0.1) is 0 Å². The Morgan fingerprint density at radius 2 is 2.07 bits per heavy atom. The molecule has 0 radical (unpaired) electrons. The highest BCUT2D eigenvalue weighted by Gasteiger charge is 2.27. The van der Waals surface area contributed by atoms with Gasteiger partial charge in [0.05, 0.1) is 6.04 Å². The van der Waals surface area contributed by atoms with Crippen molar-refractivity contribution in [2.75, 3.05) is 18.0 Å². The Bertz CT molecular complexity index is 355. The number of benzene rings is 1. The van der Waals surface area contributed by atoms with E-state index in [1.54, 1.807) is 0 Å². The molecule has 0 aliphatic carbocycles. The van der Waals surface area contributed by atoms with Crippen molar-refractivity contribution in [2.45, 2.75) is 6.04 Å². The Hall–Kier alpha value is -1.77. The van der Waals surface area contributed by atoms with Crippen molar-refractivity contribution in [1.29, 1.82) is 0 Å². The summed E-state index contributed by atoms with van der Waals surface area (Å²) in [6, 6.07) is 10.4. The number of amides is 1. The van der Waals surface area contributed by atoms with Crippen molar-refractivity contribution in [3.05, 3.63) is 43.0 Å². The third kappa shape index (κ3) is 2.18. The Labute approximate surface area is 89.4 Å². The first-order chi connectivity index (χ1) is 7.29. The van der Waals surface area contributed by atoms with Crippen LogP contribution >= 0.6 is 0 Å². The number of carbonyl (C=O) groups is 1. The predicted molar refractivity (Wildman–Crippen MR) is 60.8 cm³/mol. The summed E-state index contributed by atoms with van der Waals surface area (Å²) in [5.74, 6) is -0.0901. The van der Waals surface area contributed by atoms with Crippen molar-refractivity contribution in [3.8, 4) is 0 Å². The zero-order chi connectivity index (χ0) is 10.7. The molecule has 78 valence electrons. The highest BCUT2D eigenvalue weighted by Crippen LogP contribution is 2.19. The van der Waals surface area contributed by atoms with Gasteiger partial charge in [0.25, 0.3) is 0 Å². The SMILES string of the molecule is C=CC(=O)NC1CN(c2ccccc2)C1. The van der Waals surface area contributed by atoms with Crippen LogP contribution in [0.2, 0.25) is 0 Å². The molecule has 1 N–H and O–H groups in total. The molecule has 1 amide bonds. The van der Waals surface area contributed by atoms with Crippen molar-refractivity contribution in [1.82, 2.24) is 5.32 Å². The molecule has 1 aromatic carbocycles. The molecule has 3 heteroatoms. The van der Waals surface area contributed by atoms with Gasteiger partial charge in [0, 0.05) is 18.8 Å². The van der Waals surface area contributed by atoms with Gasteiger partial charge in [-0.1, -0.05) is 24.8 Å². The van der Waals surface area contributed by atoms with E-state index < -0.39 is 0 Å². The zero-order valence-electron chi connectivity index (χ0n) is 8.52. The molecule has 0 atom stereocenters. The second-order valence-electron chi connectivity index (χ2n) is 3.65. The molecule has 1 aliphatic heterocycles. The summed E-state index contributed by atoms with van der Waals surface area (Å²) in [7, 11) is 0. The van der Waals surface area contributed by atoms with Crippen molar-refractivity contribution in [2.24, 2.45) is 0 Å². The number of hydrogen-bond donors (Lipinski definition) is 1. The van der Waals surface area contributed by atoms with E-state index in [0.29, 0.717) is 0 Å². The molecule has 1 aliphatic rings. The lowest BCUT2D eigenvalue weighted by Crippen LogP contribution is -2.59. The van der Waals surface area contributed by atoms with Gasteiger partial charge in [-0.25, -0.2) is 0 Å². The van der Waals surface area contributed by atoms with E-state index >= 15 is 0 Å². The molecule has 1 aromatic rings. The minimum absolute atomic E-state index is 0.0901. The average Bonchev–Trinajstić information content (AvgIpc) is 2.23. The summed E-state index contributed by atoms with van der Waals surface area (Å²) < 4.78 is 0. The molecule has 2 rings (SSSR count). The van der Waals surface area contributed by atoms with Gasteiger partial charge in [0.15, 0.2) is 0 Å². The van der Waals surface area contributed by atoms with Crippen LogP contribution in [0.4, 0.5) is 5.69 Å². The molecule has 1 heterocycles. The molecule has 0 saturated carbocycles. The van der Waals surface area contributed by atoms with Crippen LogP contribution in [0.1, 0.15) is 0 Å². The van der Waals surface area contributed by atoms with Gasteiger partial charge in [-0.15, -0.1) is 0 Å². The molecule has 15 heavy (non-hydrogen) atoms.